The Morgan fingerprint density at radius 2 is 2.00 bits per heavy atom. The lowest BCUT2D eigenvalue weighted by Gasteiger charge is -2.31. The number of amides is 2. The quantitative estimate of drug-likeness (QED) is 0.897. The first-order valence-electron chi connectivity index (χ1n) is 7.41. The van der Waals surface area contributed by atoms with E-state index in [0.717, 1.165) is 37.9 Å². The summed E-state index contributed by atoms with van der Waals surface area (Å²) in [5, 5.41) is 11.9. The van der Waals surface area contributed by atoms with Crippen LogP contribution >= 0.6 is 0 Å². The maximum atomic E-state index is 12.2. The molecule has 5 heteroatoms. The number of hydrogen-bond acceptors (Lipinski definition) is 2. The summed E-state index contributed by atoms with van der Waals surface area (Å²) in [4.78, 5) is 25.3. The predicted octanol–water partition coefficient (Wildman–Crippen LogP) is 3.35. The summed E-state index contributed by atoms with van der Waals surface area (Å²) in [6.45, 7) is 5.47. The lowest BCUT2D eigenvalue weighted by molar-refractivity contribution is 0.0698. The van der Waals surface area contributed by atoms with Crippen molar-refractivity contribution in [3.8, 4) is 0 Å². The van der Waals surface area contributed by atoms with E-state index >= 15 is 0 Å². The van der Waals surface area contributed by atoms with E-state index in [1.807, 2.05) is 6.92 Å². The second-order valence-electron chi connectivity index (χ2n) is 5.62. The number of nitrogens with one attached hydrogen (secondary N) is 1. The molecule has 5 nitrogen and oxygen atoms in total. The van der Waals surface area contributed by atoms with Gasteiger partial charge < -0.3 is 15.3 Å². The van der Waals surface area contributed by atoms with Gasteiger partial charge in [-0.1, -0.05) is 25.0 Å². The Labute approximate surface area is 125 Å². The van der Waals surface area contributed by atoms with Crippen LogP contribution in [0.25, 0.3) is 0 Å². The third-order valence-electron chi connectivity index (χ3n) is 4.13. The Morgan fingerprint density at radius 1 is 1.33 bits per heavy atom. The number of rotatable bonds is 3. The molecule has 0 bridgehead atoms. The van der Waals surface area contributed by atoms with Crippen molar-refractivity contribution >= 4 is 17.7 Å². The number of carbonyl (C=O) groups excluding carboxylic acids is 1. The first-order chi connectivity index (χ1) is 10.0. The molecule has 1 aromatic rings. The van der Waals surface area contributed by atoms with Crippen LogP contribution < -0.4 is 5.32 Å². The van der Waals surface area contributed by atoms with Crippen LogP contribution in [-0.2, 0) is 0 Å². The Kier molecular flexibility index (Phi) is 4.83. The van der Waals surface area contributed by atoms with Gasteiger partial charge in [-0.3, -0.25) is 0 Å². The number of nitrogens with zero attached hydrogens (tertiary/aromatic N) is 1. The minimum Gasteiger partial charge on any atom is -0.478 e. The highest BCUT2D eigenvalue weighted by molar-refractivity contribution is 6.00. The van der Waals surface area contributed by atoms with Crippen LogP contribution in [0.4, 0.5) is 10.5 Å². The van der Waals surface area contributed by atoms with Crippen LogP contribution in [0.3, 0.4) is 0 Å². The average molecular weight is 290 g/mol. The molecule has 2 amide bonds. The van der Waals surface area contributed by atoms with Crippen molar-refractivity contribution in [1.82, 2.24) is 4.90 Å². The Balaban J connectivity index is 2.05. The summed E-state index contributed by atoms with van der Waals surface area (Å²) in [5.74, 6) is -0.332. The highest BCUT2D eigenvalue weighted by atomic mass is 16.4. The van der Waals surface area contributed by atoms with Gasteiger partial charge in [-0.05, 0) is 37.8 Å². The maximum Gasteiger partial charge on any atom is 0.337 e. The Bertz CT molecular complexity index is 534. The molecular weight excluding hydrogens is 268 g/mol. The van der Waals surface area contributed by atoms with Gasteiger partial charge in [0.15, 0.2) is 0 Å². The van der Waals surface area contributed by atoms with Crippen LogP contribution in [0, 0.1) is 12.8 Å². The van der Waals surface area contributed by atoms with E-state index < -0.39 is 5.97 Å². The lowest BCUT2D eigenvalue weighted by Crippen LogP contribution is -2.41. The standard InChI is InChI=1S/C16H22N2O3/c1-3-12-6-8-18(9-7-12)16(21)17-14-5-4-11(2)10-13(14)15(19)20/h4-5,10,12H,3,6-9H2,1-2H3,(H,17,21)(H,19,20). The van der Waals surface area contributed by atoms with Gasteiger partial charge in [0, 0.05) is 13.1 Å². The van der Waals surface area contributed by atoms with Gasteiger partial charge in [-0.2, -0.15) is 0 Å². The van der Waals surface area contributed by atoms with Gasteiger partial charge in [-0.15, -0.1) is 0 Å². The van der Waals surface area contributed by atoms with E-state index in [9.17, 15) is 14.7 Å². The third-order valence-corrected chi connectivity index (χ3v) is 4.13. The molecule has 1 aromatic carbocycles. The molecule has 0 radical (unpaired) electrons. The molecule has 2 N–H and O–H groups in total. The van der Waals surface area contributed by atoms with E-state index in [4.69, 9.17) is 0 Å². The minimum atomic E-state index is -1.03. The highest BCUT2D eigenvalue weighted by Crippen LogP contribution is 2.22. The highest BCUT2D eigenvalue weighted by Gasteiger charge is 2.22. The van der Waals surface area contributed by atoms with Gasteiger partial charge in [0.05, 0.1) is 11.3 Å². The smallest absolute Gasteiger partial charge is 0.337 e. The molecule has 0 atom stereocenters. The number of likely N-dealkylation sites (tertiary alicyclic amines) is 1. The van der Waals surface area contributed by atoms with Crippen molar-refractivity contribution < 1.29 is 14.7 Å². The molecule has 0 unspecified atom stereocenters. The maximum absolute atomic E-state index is 12.2. The fourth-order valence-electron chi connectivity index (χ4n) is 2.68. The zero-order valence-corrected chi connectivity index (χ0v) is 12.6. The number of hydrogen-bond donors (Lipinski definition) is 2. The van der Waals surface area contributed by atoms with E-state index in [1.165, 1.54) is 0 Å². The van der Waals surface area contributed by atoms with Gasteiger partial charge in [0.2, 0.25) is 0 Å². The van der Waals surface area contributed by atoms with Gasteiger partial charge >= 0.3 is 12.0 Å². The molecule has 0 aromatic heterocycles. The SMILES string of the molecule is CCC1CCN(C(=O)Nc2ccc(C)cc2C(=O)O)CC1. The third kappa shape index (κ3) is 3.74. The number of carboxylic acids is 1. The molecule has 1 fully saturated rings. The Morgan fingerprint density at radius 3 is 2.57 bits per heavy atom. The molecular formula is C16H22N2O3. The largest absolute Gasteiger partial charge is 0.478 e. The number of urea groups is 1. The van der Waals surface area contributed by atoms with Crippen LogP contribution in [0.5, 0.6) is 0 Å². The number of carboxylic acid groups (broad SMARTS) is 1. The molecule has 0 saturated carbocycles. The molecule has 0 spiro atoms. The molecule has 1 saturated heterocycles. The normalized spacial score (nSPS) is 15.8. The van der Waals surface area contributed by atoms with Crippen molar-refractivity contribution in [3.05, 3.63) is 29.3 Å². The van der Waals surface area contributed by atoms with Crippen molar-refractivity contribution in [2.45, 2.75) is 33.1 Å². The predicted molar refractivity (Wildman–Crippen MR) is 81.7 cm³/mol. The zero-order valence-electron chi connectivity index (χ0n) is 12.6. The fraction of sp³-hybridized carbons (Fsp3) is 0.500. The summed E-state index contributed by atoms with van der Waals surface area (Å²) in [7, 11) is 0. The number of benzene rings is 1. The molecule has 1 aliphatic heterocycles. The van der Waals surface area contributed by atoms with E-state index in [-0.39, 0.29) is 11.6 Å². The zero-order chi connectivity index (χ0) is 15.4. The molecule has 21 heavy (non-hydrogen) atoms. The number of aryl methyl sites for hydroxylation is 1. The monoisotopic (exact) mass is 290 g/mol. The average Bonchev–Trinajstić information content (AvgIpc) is 2.49. The first-order valence-corrected chi connectivity index (χ1v) is 7.41. The summed E-state index contributed by atoms with van der Waals surface area (Å²) in [6, 6.07) is 4.80. The van der Waals surface area contributed by atoms with Gasteiger partial charge in [-0.25, -0.2) is 9.59 Å². The molecule has 1 aliphatic rings. The second-order valence-corrected chi connectivity index (χ2v) is 5.62. The molecule has 1 heterocycles. The molecule has 114 valence electrons. The lowest BCUT2D eigenvalue weighted by atomic mass is 9.95. The number of carbonyl (C=O) groups is 2. The molecule has 0 aliphatic carbocycles. The van der Waals surface area contributed by atoms with E-state index in [2.05, 4.69) is 12.2 Å². The summed E-state index contributed by atoms with van der Waals surface area (Å²) < 4.78 is 0. The van der Waals surface area contributed by atoms with Crippen LogP contribution in [0.2, 0.25) is 0 Å². The minimum absolute atomic E-state index is 0.131. The summed E-state index contributed by atoms with van der Waals surface area (Å²) in [6.07, 6.45) is 3.18. The van der Waals surface area contributed by atoms with Gasteiger partial charge in [0.25, 0.3) is 0 Å². The second kappa shape index (κ2) is 6.61. The van der Waals surface area contributed by atoms with E-state index in [1.54, 1.807) is 23.1 Å². The topological polar surface area (TPSA) is 69.6 Å². The number of anilines is 1. The van der Waals surface area contributed by atoms with Crippen molar-refractivity contribution in [2.75, 3.05) is 18.4 Å². The van der Waals surface area contributed by atoms with Crippen LogP contribution in [0.1, 0.15) is 42.1 Å². The Hall–Kier alpha value is -2.04. The van der Waals surface area contributed by atoms with Crippen molar-refractivity contribution in [1.29, 1.82) is 0 Å². The first kappa shape index (κ1) is 15.4. The van der Waals surface area contributed by atoms with Crippen LogP contribution in [-0.4, -0.2) is 35.1 Å². The van der Waals surface area contributed by atoms with Gasteiger partial charge in [0.1, 0.15) is 0 Å². The summed E-state index contributed by atoms with van der Waals surface area (Å²) >= 11 is 0. The molecule has 2 rings (SSSR count). The van der Waals surface area contributed by atoms with Crippen LogP contribution in [0.15, 0.2) is 18.2 Å². The summed E-state index contributed by atoms with van der Waals surface area (Å²) in [5.41, 5.74) is 1.34. The fourth-order valence-corrected chi connectivity index (χ4v) is 2.68. The van der Waals surface area contributed by atoms with Crippen molar-refractivity contribution in [3.63, 3.8) is 0 Å². The number of piperidine rings is 1. The van der Waals surface area contributed by atoms with Crippen molar-refractivity contribution in [2.24, 2.45) is 5.92 Å². The number of aromatic carboxylic acids is 1. The van der Waals surface area contributed by atoms with E-state index in [0.29, 0.717) is 11.6 Å².